The third-order valence-electron chi connectivity index (χ3n) is 4.49. The Morgan fingerprint density at radius 1 is 0.958 bits per heavy atom. The first-order valence-corrected chi connectivity index (χ1v) is 8.82. The standard InChI is InChI=1S/C22H27N2/c1-23(2)15-9-16-24-17-14-21(18-19-10-5-3-6-11-19)22(24)20-12-7-4-8-13-20/h3-8,10-13,18H,9,14-17H2,1-2H3/q+1/b21-18+. The molecule has 0 saturated heterocycles. The van der Waals surface area contributed by atoms with E-state index < -0.39 is 0 Å². The van der Waals surface area contributed by atoms with E-state index in [9.17, 15) is 0 Å². The van der Waals surface area contributed by atoms with Crippen LogP contribution in [0.3, 0.4) is 0 Å². The maximum Gasteiger partial charge on any atom is 0.210 e. The number of hydrogen-bond acceptors (Lipinski definition) is 1. The van der Waals surface area contributed by atoms with Crippen LogP contribution in [0.15, 0.2) is 66.2 Å². The van der Waals surface area contributed by atoms with Crippen LogP contribution in [0.25, 0.3) is 6.08 Å². The van der Waals surface area contributed by atoms with E-state index in [1.165, 1.54) is 28.8 Å². The molecule has 0 N–H and O–H groups in total. The molecule has 0 fully saturated rings. The molecule has 0 aromatic heterocycles. The lowest BCUT2D eigenvalue weighted by atomic mass is 10.00. The van der Waals surface area contributed by atoms with Gasteiger partial charge in [0.25, 0.3) is 0 Å². The van der Waals surface area contributed by atoms with E-state index in [-0.39, 0.29) is 0 Å². The minimum absolute atomic E-state index is 1.12. The van der Waals surface area contributed by atoms with Gasteiger partial charge in [-0.3, -0.25) is 0 Å². The van der Waals surface area contributed by atoms with Crippen LogP contribution < -0.4 is 0 Å². The Balaban J connectivity index is 1.92. The van der Waals surface area contributed by atoms with E-state index in [1.807, 2.05) is 0 Å². The third-order valence-corrected chi connectivity index (χ3v) is 4.49. The van der Waals surface area contributed by atoms with E-state index in [0.29, 0.717) is 0 Å². The van der Waals surface area contributed by atoms with Crippen LogP contribution in [0.1, 0.15) is 24.0 Å². The molecule has 0 unspecified atom stereocenters. The topological polar surface area (TPSA) is 6.25 Å². The molecule has 2 nitrogen and oxygen atoms in total. The second-order valence-electron chi connectivity index (χ2n) is 6.69. The lowest BCUT2D eigenvalue weighted by Gasteiger charge is -2.08. The van der Waals surface area contributed by atoms with E-state index in [4.69, 9.17) is 0 Å². The number of nitrogens with zero attached hydrogens (tertiary/aromatic N) is 2. The first-order valence-electron chi connectivity index (χ1n) is 8.82. The Morgan fingerprint density at radius 3 is 2.29 bits per heavy atom. The molecule has 2 aromatic carbocycles. The molecular weight excluding hydrogens is 292 g/mol. The monoisotopic (exact) mass is 319 g/mol. The van der Waals surface area contributed by atoms with Crippen LogP contribution in [0.5, 0.6) is 0 Å². The van der Waals surface area contributed by atoms with Gasteiger partial charge in [-0.05, 0) is 37.9 Å². The first kappa shape index (κ1) is 16.7. The molecule has 1 heterocycles. The molecule has 24 heavy (non-hydrogen) atoms. The maximum absolute atomic E-state index is 2.56. The number of rotatable bonds is 6. The van der Waals surface area contributed by atoms with Crippen molar-refractivity contribution in [2.24, 2.45) is 0 Å². The zero-order valence-corrected chi connectivity index (χ0v) is 14.8. The van der Waals surface area contributed by atoms with Gasteiger partial charge < -0.3 is 4.90 Å². The highest BCUT2D eigenvalue weighted by Crippen LogP contribution is 2.22. The van der Waals surface area contributed by atoms with E-state index in [2.05, 4.69) is 90.3 Å². The molecule has 0 atom stereocenters. The van der Waals surface area contributed by atoms with Crippen molar-refractivity contribution in [1.29, 1.82) is 0 Å². The molecule has 124 valence electrons. The van der Waals surface area contributed by atoms with Crippen molar-refractivity contribution >= 4 is 11.8 Å². The molecule has 1 aliphatic heterocycles. The summed E-state index contributed by atoms with van der Waals surface area (Å²) in [6.07, 6.45) is 4.68. The zero-order chi connectivity index (χ0) is 16.8. The lowest BCUT2D eigenvalue weighted by molar-refractivity contribution is -0.520. The average Bonchev–Trinajstić information content (AvgIpc) is 2.99. The normalized spacial score (nSPS) is 16.4. The van der Waals surface area contributed by atoms with Gasteiger partial charge in [0.15, 0.2) is 0 Å². The van der Waals surface area contributed by atoms with Gasteiger partial charge in [-0.2, -0.15) is 0 Å². The van der Waals surface area contributed by atoms with Gasteiger partial charge in [0.05, 0.1) is 0 Å². The molecule has 0 spiro atoms. The Labute approximate surface area is 145 Å². The van der Waals surface area contributed by atoms with Gasteiger partial charge in [-0.25, -0.2) is 4.58 Å². The molecule has 3 rings (SSSR count). The highest BCUT2D eigenvalue weighted by atomic mass is 15.1. The molecule has 0 aliphatic carbocycles. The molecule has 0 radical (unpaired) electrons. The minimum Gasteiger partial charge on any atom is -0.309 e. The van der Waals surface area contributed by atoms with Crippen LogP contribution in [-0.4, -0.2) is 48.9 Å². The van der Waals surface area contributed by atoms with Gasteiger partial charge in [0.1, 0.15) is 13.1 Å². The maximum atomic E-state index is 2.56. The van der Waals surface area contributed by atoms with Crippen molar-refractivity contribution in [2.75, 3.05) is 33.7 Å². The number of hydrogen-bond donors (Lipinski definition) is 0. The predicted octanol–water partition coefficient (Wildman–Crippen LogP) is 3.93. The zero-order valence-electron chi connectivity index (χ0n) is 14.8. The van der Waals surface area contributed by atoms with Gasteiger partial charge in [0, 0.05) is 30.5 Å². The summed E-state index contributed by atoms with van der Waals surface area (Å²) in [6, 6.07) is 21.5. The van der Waals surface area contributed by atoms with Crippen molar-refractivity contribution in [3.8, 4) is 0 Å². The Hall–Kier alpha value is -2.19. The van der Waals surface area contributed by atoms with Gasteiger partial charge in [-0.15, -0.1) is 0 Å². The highest BCUT2D eigenvalue weighted by molar-refractivity contribution is 6.12. The van der Waals surface area contributed by atoms with Crippen molar-refractivity contribution in [1.82, 2.24) is 4.90 Å². The van der Waals surface area contributed by atoms with Gasteiger partial charge >= 0.3 is 0 Å². The second kappa shape index (κ2) is 8.07. The summed E-state index contributed by atoms with van der Waals surface area (Å²) in [4.78, 5) is 2.26. The summed E-state index contributed by atoms with van der Waals surface area (Å²) in [5.74, 6) is 0. The molecule has 0 bridgehead atoms. The quantitative estimate of drug-likeness (QED) is 0.731. The molecule has 2 aromatic rings. The smallest absolute Gasteiger partial charge is 0.210 e. The fraction of sp³-hybridized carbons (Fsp3) is 0.318. The van der Waals surface area contributed by atoms with Crippen molar-refractivity contribution in [3.63, 3.8) is 0 Å². The fourth-order valence-corrected chi connectivity index (χ4v) is 3.35. The van der Waals surface area contributed by atoms with E-state index in [0.717, 1.165) is 26.1 Å². The molecule has 1 aliphatic rings. The summed E-state index contributed by atoms with van der Waals surface area (Å²) in [5, 5.41) is 0. The first-order chi connectivity index (χ1) is 11.7. The Kier molecular flexibility index (Phi) is 5.60. The Morgan fingerprint density at radius 2 is 1.62 bits per heavy atom. The fourth-order valence-electron chi connectivity index (χ4n) is 3.35. The molecule has 0 amide bonds. The van der Waals surface area contributed by atoms with Crippen LogP contribution in [-0.2, 0) is 0 Å². The average molecular weight is 319 g/mol. The SMILES string of the molecule is CN(C)CCC[N+]1=C(c2ccccc2)/C(=C/c2ccccc2)CC1. The van der Waals surface area contributed by atoms with Crippen LogP contribution in [0, 0.1) is 0 Å². The number of benzene rings is 2. The van der Waals surface area contributed by atoms with Crippen LogP contribution in [0.4, 0.5) is 0 Å². The van der Waals surface area contributed by atoms with E-state index >= 15 is 0 Å². The molecule has 2 heteroatoms. The highest BCUT2D eigenvalue weighted by Gasteiger charge is 2.28. The van der Waals surface area contributed by atoms with Crippen molar-refractivity contribution < 1.29 is 4.58 Å². The molecule has 0 saturated carbocycles. The van der Waals surface area contributed by atoms with Gasteiger partial charge in [0.2, 0.25) is 5.71 Å². The molecular formula is C22H27N2+. The Bertz CT molecular complexity index is 712. The predicted molar refractivity (Wildman–Crippen MR) is 103 cm³/mol. The third kappa shape index (κ3) is 4.21. The van der Waals surface area contributed by atoms with E-state index in [1.54, 1.807) is 0 Å². The van der Waals surface area contributed by atoms with Crippen LogP contribution in [0.2, 0.25) is 0 Å². The lowest BCUT2D eigenvalue weighted by Crippen LogP contribution is -2.22. The van der Waals surface area contributed by atoms with Crippen molar-refractivity contribution in [2.45, 2.75) is 12.8 Å². The van der Waals surface area contributed by atoms with Crippen LogP contribution >= 0.6 is 0 Å². The largest absolute Gasteiger partial charge is 0.309 e. The summed E-state index contributed by atoms with van der Waals surface area (Å²) < 4.78 is 2.56. The van der Waals surface area contributed by atoms with Crippen molar-refractivity contribution in [3.05, 3.63) is 77.4 Å². The van der Waals surface area contributed by atoms with Gasteiger partial charge in [-0.1, -0.05) is 48.5 Å². The summed E-state index contributed by atoms with van der Waals surface area (Å²) >= 11 is 0. The summed E-state index contributed by atoms with van der Waals surface area (Å²) in [6.45, 7) is 3.38. The summed E-state index contributed by atoms with van der Waals surface area (Å²) in [5.41, 5.74) is 5.49. The second-order valence-corrected chi connectivity index (χ2v) is 6.69. The summed E-state index contributed by atoms with van der Waals surface area (Å²) in [7, 11) is 4.29. The minimum atomic E-state index is 1.12.